The summed E-state index contributed by atoms with van der Waals surface area (Å²) in [5.74, 6) is -1.22. The molecule has 0 radical (unpaired) electrons. The number of benzene rings is 1. The Balaban J connectivity index is 2.28. The number of hydrogen-bond donors (Lipinski definition) is 1. The number of rotatable bonds is 5. The number of carboxylic acids is 1. The third-order valence-corrected chi connectivity index (χ3v) is 2.49. The molecule has 0 saturated heterocycles. The zero-order valence-electron chi connectivity index (χ0n) is 10.3. The van der Waals surface area contributed by atoms with E-state index in [4.69, 9.17) is 9.84 Å². The summed E-state index contributed by atoms with van der Waals surface area (Å²) in [4.78, 5) is 10.6. The zero-order chi connectivity index (χ0) is 13.8. The van der Waals surface area contributed by atoms with Crippen molar-refractivity contribution in [1.82, 2.24) is 9.78 Å². The van der Waals surface area contributed by atoms with Crippen LogP contribution in [0.5, 0.6) is 5.75 Å². The highest BCUT2D eigenvalue weighted by atomic mass is 19.1. The van der Waals surface area contributed by atoms with Gasteiger partial charge in [-0.1, -0.05) is 6.07 Å². The van der Waals surface area contributed by atoms with Gasteiger partial charge in [0.1, 0.15) is 6.54 Å². The number of nitrogens with zero attached hydrogens (tertiary/aromatic N) is 2. The molecule has 100 valence electrons. The molecule has 0 fully saturated rings. The molecule has 0 atom stereocenters. The number of ether oxygens (including phenoxy) is 1. The van der Waals surface area contributed by atoms with Crippen molar-refractivity contribution < 1.29 is 19.0 Å². The molecule has 0 unspecified atom stereocenters. The van der Waals surface area contributed by atoms with Gasteiger partial charge >= 0.3 is 5.97 Å². The molecule has 0 aliphatic rings. The van der Waals surface area contributed by atoms with E-state index in [0.717, 1.165) is 5.56 Å². The molecule has 2 aromatic rings. The number of halogens is 1. The minimum absolute atomic E-state index is 0.172. The van der Waals surface area contributed by atoms with Crippen LogP contribution in [0.4, 0.5) is 4.39 Å². The minimum Gasteiger partial charge on any atom is -0.491 e. The molecule has 1 heterocycles. The van der Waals surface area contributed by atoms with Crippen molar-refractivity contribution in [2.24, 2.45) is 0 Å². The van der Waals surface area contributed by atoms with Gasteiger partial charge in [-0.3, -0.25) is 9.48 Å². The Morgan fingerprint density at radius 3 is 2.95 bits per heavy atom. The molecule has 0 spiro atoms. The molecule has 0 aliphatic heterocycles. The van der Waals surface area contributed by atoms with Gasteiger partial charge in [-0.15, -0.1) is 0 Å². The summed E-state index contributed by atoms with van der Waals surface area (Å²) < 4.78 is 19.9. The first-order valence-electron chi connectivity index (χ1n) is 5.77. The molecule has 0 bridgehead atoms. The Kier molecular flexibility index (Phi) is 3.79. The van der Waals surface area contributed by atoms with Gasteiger partial charge in [0.2, 0.25) is 0 Å². The molecule has 1 aromatic carbocycles. The standard InChI is InChI=1S/C13H13FN2O3/c1-2-19-12-5-9(3-4-11(12)14)10-6-15-16(7-10)8-13(17)18/h3-7H,2,8H2,1H3,(H,17,18). The SMILES string of the molecule is CCOc1cc(-c2cnn(CC(=O)O)c2)ccc1F. The maximum absolute atomic E-state index is 13.4. The monoisotopic (exact) mass is 264 g/mol. The lowest BCUT2D eigenvalue weighted by molar-refractivity contribution is -0.137. The van der Waals surface area contributed by atoms with Gasteiger partial charge in [-0.25, -0.2) is 4.39 Å². The van der Waals surface area contributed by atoms with Crippen LogP contribution in [0.15, 0.2) is 30.6 Å². The average Bonchev–Trinajstić information content (AvgIpc) is 2.80. The minimum atomic E-state index is -0.969. The van der Waals surface area contributed by atoms with Crippen LogP contribution in [0.2, 0.25) is 0 Å². The number of carboxylic acid groups (broad SMARTS) is 1. The maximum atomic E-state index is 13.4. The first kappa shape index (κ1) is 13.1. The van der Waals surface area contributed by atoms with E-state index in [0.29, 0.717) is 12.2 Å². The van der Waals surface area contributed by atoms with E-state index < -0.39 is 11.8 Å². The van der Waals surface area contributed by atoms with E-state index in [-0.39, 0.29) is 12.3 Å². The second-order valence-electron chi connectivity index (χ2n) is 3.90. The van der Waals surface area contributed by atoms with Crippen LogP contribution in [-0.4, -0.2) is 27.5 Å². The zero-order valence-corrected chi connectivity index (χ0v) is 10.3. The Morgan fingerprint density at radius 1 is 1.47 bits per heavy atom. The molecule has 19 heavy (non-hydrogen) atoms. The Morgan fingerprint density at radius 2 is 2.26 bits per heavy atom. The highest BCUT2D eigenvalue weighted by molar-refractivity contribution is 5.67. The Bertz CT molecular complexity index is 595. The van der Waals surface area contributed by atoms with E-state index >= 15 is 0 Å². The van der Waals surface area contributed by atoms with E-state index in [1.165, 1.54) is 16.9 Å². The quantitative estimate of drug-likeness (QED) is 0.898. The normalized spacial score (nSPS) is 10.4. The van der Waals surface area contributed by atoms with Crippen LogP contribution in [0, 0.1) is 5.82 Å². The molecule has 0 saturated carbocycles. The number of aliphatic carboxylic acids is 1. The van der Waals surface area contributed by atoms with Gasteiger partial charge in [0.05, 0.1) is 12.8 Å². The number of carbonyl (C=O) groups is 1. The fourth-order valence-electron chi connectivity index (χ4n) is 1.69. The smallest absolute Gasteiger partial charge is 0.325 e. The fourth-order valence-corrected chi connectivity index (χ4v) is 1.69. The first-order valence-corrected chi connectivity index (χ1v) is 5.77. The molecular weight excluding hydrogens is 251 g/mol. The van der Waals surface area contributed by atoms with Crippen LogP contribution in [0.25, 0.3) is 11.1 Å². The predicted molar refractivity (Wildman–Crippen MR) is 66.4 cm³/mol. The molecule has 0 aliphatic carbocycles. The average molecular weight is 264 g/mol. The topological polar surface area (TPSA) is 64.4 Å². The second-order valence-corrected chi connectivity index (χ2v) is 3.90. The third-order valence-electron chi connectivity index (χ3n) is 2.49. The molecule has 1 aromatic heterocycles. The van der Waals surface area contributed by atoms with Crippen molar-refractivity contribution in [3.63, 3.8) is 0 Å². The molecule has 5 nitrogen and oxygen atoms in total. The highest BCUT2D eigenvalue weighted by Gasteiger charge is 2.08. The molecule has 2 rings (SSSR count). The van der Waals surface area contributed by atoms with Gasteiger partial charge in [-0.05, 0) is 24.6 Å². The van der Waals surface area contributed by atoms with Crippen molar-refractivity contribution in [3.05, 3.63) is 36.4 Å². The maximum Gasteiger partial charge on any atom is 0.325 e. The van der Waals surface area contributed by atoms with E-state index in [2.05, 4.69) is 5.10 Å². The fraction of sp³-hybridized carbons (Fsp3) is 0.231. The summed E-state index contributed by atoms with van der Waals surface area (Å²) in [6.07, 6.45) is 3.13. The van der Waals surface area contributed by atoms with Crippen molar-refractivity contribution in [1.29, 1.82) is 0 Å². The summed E-state index contributed by atoms with van der Waals surface area (Å²) in [5.41, 5.74) is 1.43. The van der Waals surface area contributed by atoms with Crippen LogP contribution >= 0.6 is 0 Å². The van der Waals surface area contributed by atoms with E-state index in [1.54, 1.807) is 25.3 Å². The van der Waals surface area contributed by atoms with E-state index in [1.807, 2.05) is 0 Å². The largest absolute Gasteiger partial charge is 0.491 e. The summed E-state index contributed by atoms with van der Waals surface area (Å²) >= 11 is 0. The molecular formula is C13H13FN2O3. The predicted octanol–water partition coefficient (Wildman–Crippen LogP) is 2.17. The van der Waals surface area contributed by atoms with Crippen molar-refractivity contribution in [3.8, 4) is 16.9 Å². The summed E-state index contributed by atoms with van der Waals surface area (Å²) in [6.45, 7) is 1.94. The molecule has 6 heteroatoms. The molecule has 0 amide bonds. The number of aromatic nitrogens is 2. The summed E-state index contributed by atoms with van der Waals surface area (Å²) in [5, 5.41) is 12.6. The van der Waals surface area contributed by atoms with Gasteiger partial charge in [0.25, 0.3) is 0 Å². The van der Waals surface area contributed by atoms with Gasteiger partial charge in [-0.2, -0.15) is 5.10 Å². The van der Waals surface area contributed by atoms with Crippen LogP contribution in [0.1, 0.15) is 6.92 Å². The molecule has 1 N–H and O–H groups in total. The Labute approximate surface area is 109 Å². The van der Waals surface area contributed by atoms with Crippen molar-refractivity contribution in [2.45, 2.75) is 13.5 Å². The van der Waals surface area contributed by atoms with Gasteiger partial charge in [0, 0.05) is 11.8 Å². The van der Waals surface area contributed by atoms with Crippen molar-refractivity contribution >= 4 is 5.97 Å². The third kappa shape index (κ3) is 3.09. The number of hydrogen-bond acceptors (Lipinski definition) is 3. The van der Waals surface area contributed by atoms with Gasteiger partial charge < -0.3 is 9.84 Å². The van der Waals surface area contributed by atoms with Crippen LogP contribution in [0.3, 0.4) is 0 Å². The first-order chi connectivity index (χ1) is 9.10. The van der Waals surface area contributed by atoms with Crippen molar-refractivity contribution in [2.75, 3.05) is 6.61 Å². The lowest BCUT2D eigenvalue weighted by atomic mass is 10.1. The van der Waals surface area contributed by atoms with Crippen LogP contribution < -0.4 is 4.74 Å². The van der Waals surface area contributed by atoms with Crippen LogP contribution in [-0.2, 0) is 11.3 Å². The van der Waals surface area contributed by atoms with E-state index in [9.17, 15) is 9.18 Å². The summed E-state index contributed by atoms with van der Waals surface area (Å²) in [6, 6.07) is 4.48. The highest BCUT2D eigenvalue weighted by Crippen LogP contribution is 2.26. The lowest BCUT2D eigenvalue weighted by Gasteiger charge is -2.06. The van der Waals surface area contributed by atoms with Gasteiger partial charge in [0.15, 0.2) is 11.6 Å². The Hall–Kier alpha value is -2.37. The second kappa shape index (κ2) is 5.51. The summed E-state index contributed by atoms with van der Waals surface area (Å²) in [7, 11) is 0. The lowest BCUT2D eigenvalue weighted by Crippen LogP contribution is -2.08.